The van der Waals surface area contributed by atoms with Gasteiger partial charge in [0.2, 0.25) is 0 Å². The van der Waals surface area contributed by atoms with E-state index in [9.17, 15) is 10.0 Å². The van der Waals surface area contributed by atoms with Gasteiger partial charge in [-0.15, -0.1) is 0 Å². The van der Waals surface area contributed by atoms with Crippen LogP contribution in [0.25, 0.3) is 0 Å². The highest BCUT2D eigenvalue weighted by molar-refractivity contribution is 7.77. The first-order valence-electron chi connectivity index (χ1n) is 2.45. The van der Waals surface area contributed by atoms with Crippen molar-refractivity contribution in [2.24, 2.45) is 0 Å². The molecule has 0 aromatic heterocycles. The fourth-order valence-corrected chi connectivity index (χ4v) is 0.754. The molecule has 2 amide bonds. The van der Waals surface area contributed by atoms with Gasteiger partial charge in [-0.2, -0.15) is 4.31 Å². The standard InChI is InChI=1S/C3H7N3O2S/c7-3-4-1-5(9)2-6(3)8/h6,9H,1-2H2,(H,4,7). The quantitative estimate of drug-likeness (QED) is 0.280. The summed E-state index contributed by atoms with van der Waals surface area (Å²) in [4.78, 5) is 10.4. The third-order valence-electron chi connectivity index (χ3n) is 1.00. The Kier molecular flexibility index (Phi) is 1.91. The third kappa shape index (κ3) is 1.55. The maximum absolute atomic E-state index is 10.5. The number of carbonyl (C=O) groups excluding carboxylic acids is 1. The van der Waals surface area contributed by atoms with Gasteiger partial charge in [0, 0.05) is 0 Å². The highest BCUT2D eigenvalue weighted by Gasteiger charge is 2.19. The summed E-state index contributed by atoms with van der Waals surface area (Å²) in [5.74, 6) is 0. The van der Waals surface area contributed by atoms with E-state index in [1.165, 1.54) is 4.31 Å². The van der Waals surface area contributed by atoms with Crippen molar-refractivity contribution in [3.8, 4) is 0 Å². The molecule has 1 aliphatic rings. The van der Waals surface area contributed by atoms with E-state index in [2.05, 4.69) is 18.1 Å². The summed E-state index contributed by atoms with van der Waals surface area (Å²) in [6.07, 6.45) is 0. The SMILES string of the molecule is O=C1NCN(S)C[NH+]1[O-]. The molecule has 1 unspecified atom stereocenters. The number of thiol groups is 1. The van der Waals surface area contributed by atoms with Crippen molar-refractivity contribution in [1.82, 2.24) is 9.62 Å². The van der Waals surface area contributed by atoms with Crippen molar-refractivity contribution in [2.45, 2.75) is 0 Å². The first kappa shape index (κ1) is 6.81. The smallest absolute Gasteiger partial charge is 0.417 e. The Morgan fingerprint density at radius 3 is 3.00 bits per heavy atom. The fraction of sp³-hybridized carbons (Fsp3) is 0.667. The average Bonchev–Trinajstić information content (AvgIpc) is 1.80. The monoisotopic (exact) mass is 149 g/mol. The van der Waals surface area contributed by atoms with Gasteiger partial charge in [-0.05, 0) is 0 Å². The maximum atomic E-state index is 10.5. The summed E-state index contributed by atoms with van der Waals surface area (Å²) < 4.78 is 1.43. The van der Waals surface area contributed by atoms with E-state index in [1.807, 2.05) is 0 Å². The molecule has 1 rings (SSSR count). The Morgan fingerprint density at radius 2 is 2.56 bits per heavy atom. The largest absolute Gasteiger partial charge is 0.624 e. The normalized spacial score (nSPS) is 30.0. The van der Waals surface area contributed by atoms with E-state index in [0.29, 0.717) is 6.67 Å². The number of quaternary nitrogens is 1. The van der Waals surface area contributed by atoms with Crippen molar-refractivity contribution in [2.75, 3.05) is 13.3 Å². The van der Waals surface area contributed by atoms with E-state index in [4.69, 9.17) is 0 Å². The zero-order chi connectivity index (χ0) is 6.85. The maximum Gasteiger partial charge on any atom is 0.417 e. The van der Waals surface area contributed by atoms with Gasteiger partial charge in [-0.1, -0.05) is 12.8 Å². The molecule has 5 nitrogen and oxygen atoms in total. The molecule has 1 atom stereocenters. The Balaban J connectivity index is 2.44. The summed E-state index contributed by atoms with van der Waals surface area (Å²) in [5, 5.41) is 12.4. The molecule has 1 aliphatic heterocycles. The van der Waals surface area contributed by atoms with Crippen LogP contribution in [0.3, 0.4) is 0 Å². The molecule has 0 aromatic rings. The summed E-state index contributed by atoms with van der Waals surface area (Å²) in [6.45, 7) is 0.447. The number of urea groups is 1. The number of hydroxylamine groups is 2. The molecule has 9 heavy (non-hydrogen) atoms. The number of nitrogens with one attached hydrogen (secondary N) is 2. The number of hydrogen-bond acceptors (Lipinski definition) is 4. The predicted octanol–water partition coefficient (Wildman–Crippen LogP) is -1.85. The molecule has 0 spiro atoms. The molecule has 6 heteroatoms. The van der Waals surface area contributed by atoms with Crippen molar-refractivity contribution in [3.05, 3.63) is 5.21 Å². The molecule has 1 fully saturated rings. The zero-order valence-corrected chi connectivity index (χ0v) is 5.52. The number of amides is 2. The number of hydrogen-bond donors (Lipinski definition) is 3. The summed E-state index contributed by atoms with van der Waals surface area (Å²) >= 11 is 3.86. The van der Waals surface area contributed by atoms with Crippen molar-refractivity contribution in [1.29, 1.82) is 0 Å². The topological polar surface area (TPSA) is 59.8 Å². The summed E-state index contributed by atoms with van der Waals surface area (Å²) in [7, 11) is 0. The van der Waals surface area contributed by atoms with Crippen LogP contribution in [0.15, 0.2) is 0 Å². The molecule has 0 aromatic carbocycles. The lowest BCUT2D eigenvalue weighted by atomic mass is 10.7. The Hall–Kier alpha value is -0.300. The van der Waals surface area contributed by atoms with Gasteiger partial charge < -0.3 is 5.21 Å². The van der Waals surface area contributed by atoms with Crippen LogP contribution in [-0.2, 0) is 0 Å². The van der Waals surface area contributed by atoms with Crippen molar-refractivity contribution >= 4 is 18.8 Å². The Bertz CT molecular complexity index is 130. The molecule has 1 heterocycles. The molecule has 1 saturated heterocycles. The zero-order valence-electron chi connectivity index (χ0n) is 4.63. The second kappa shape index (κ2) is 2.53. The second-order valence-corrected chi connectivity index (χ2v) is 2.32. The van der Waals surface area contributed by atoms with Gasteiger partial charge in [0.05, 0.1) is 6.67 Å². The molecule has 0 radical (unpaired) electrons. The highest BCUT2D eigenvalue weighted by Crippen LogP contribution is 1.86. The first-order chi connectivity index (χ1) is 4.20. The van der Waals surface area contributed by atoms with Crippen LogP contribution in [0.5, 0.6) is 0 Å². The van der Waals surface area contributed by atoms with Gasteiger partial charge in [0.15, 0.2) is 6.67 Å². The summed E-state index contributed by atoms with van der Waals surface area (Å²) in [5.41, 5.74) is 0. The van der Waals surface area contributed by atoms with Crippen LogP contribution in [0.2, 0.25) is 0 Å². The summed E-state index contributed by atoms with van der Waals surface area (Å²) in [6, 6.07) is -0.514. The molecule has 0 aliphatic carbocycles. The third-order valence-corrected chi connectivity index (χ3v) is 1.28. The highest BCUT2D eigenvalue weighted by atomic mass is 32.1. The minimum absolute atomic E-state index is 0.106. The molecular weight excluding hydrogens is 142 g/mol. The Morgan fingerprint density at radius 1 is 1.89 bits per heavy atom. The van der Waals surface area contributed by atoms with Gasteiger partial charge >= 0.3 is 6.03 Å². The van der Waals surface area contributed by atoms with Gasteiger partial charge in [-0.25, -0.2) is 4.79 Å². The molecular formula is C3H7N3O2S. The predicted molar refractivity (Wildman–Crippen MR) is 33.4 cm³/mol. The molecule has 2 N–H and O–H groups in total. The van der Waals surface area contributed by atoms with Gasteiger partial charge in [-0.3, -0.25) is 10.4 Å². The van der Waals surface area contributed by atoms with E-state index >= 15 is 0 Å². The van der Waals surface area contributed by atoms with E-state index in [1.54, 1.807) is 0 Å². The average molecular weight is 149 g/mol. The number of rotatable bonds is 0. The fourth-order valence-electron chi connectivity index (χ4n) is 0.555. The van der Waals surface area contributed by atoms with Crippen LogP contribution < -0.4 is 10.4 Å². The van der Waals surface area contributed by atoms with Crippen LogP contribution in [0.1, 0.15) is 0 Å². The molecule has 0 bridgehead atoms. The minimum atomic E-state index is -0.514. The lowest BCUT2D eigenvalue weighted by Gasteiger charge is -2.29. The van der Waals surface area contributed by atoms with Crippen LogP contribution in [0, 0.1) is 5.21 Å². The van der Waals surface area contributed by atoms with E-state index in [-0.39, 0.29) is 6.67 Å². The van der Waals surface area contributed by atoms with Crippen molar-refractivity contribution in [3.63, 3.8) is 0 Å². The Labute approximate surface area is 57.7 Å². The van der Waals surface area contributed by atoms with Gasteiger partial charge in [0.25, 0.3) is 0 Å². The van der Waals surface area contributed by atoms with Crippen LogP contribution >= 0.6 is 12.8 Å². The van der Waals surface area contributed by atoms with Gasteiger partial charge in [0.1, 0.15) is 0 Å². The second-order valence-electron chi connectivity index (χ2n) is 1.75. The lowest BCUT2D eigenvalue weighted by Crippen LogP contribution is -3.14. The minimum Gasteiger partial charge on any atom is -0.624 e. The van der Waals surface area contributed by atoms with Crippen molar-refractivity contribution < 1.29 is 9.86 Å². The number of nitrogens with zero attached hydrogens (tertiary/aromatic N) is 1. The molecule has 0 saturated carbocycles. The van der Waals surface area contributed by atoms with Crippen LogP contribution in [0.4, 0.5) is 4.79 Å². The molecule has 52 valence electrons. The van der Waals surface area contributed by atoms with E-state index < -0.39 is 11.1 Å². The van der Waals surface area contributed by atoms with Crippen LogP contribution in [-0.4, -0.2) is 23.7 Å². The van der Waals surface area contributed by atoms with E-state index in [0.717, 1.165) is 0 Å². The number of carbonyl (C=O) groups is 1. The first-order valence-corrected chi connectivity index (χ1v) is 2.85. The lowest BCUT2D eigenvalue weighted by molar-refractivity contribution is -0.774.